The molecule has 0 saturated heterocycles. The van der Waals surface area contributed by atoms with E-state index in [0.717, 1.165) is 0 Å². The molecule has 0 heterocycles. The van der Waals surface area contributed by atoms with E-state index in [2.05, 4.69) is 6.58 Å². The van der Waals surface area contributed by atoms with Crippen LogP contribution in [-0.4, -0.2) is 30.0 Å². The number of hydrogen-bond donors (Lipinski definition) is 2. The largest absolute Gasteiger partial charge is 0.427 e. The molecule has 0 aromatic carbocycles. The molecule has 3 nitrogen and oxygen atoms in total. The Labute approximate surface area is 92.6 Å². The van der Waals surface area contributed by atoms with Crippen LogP contribution >= 0.6 is 0 Å². The Morgan fingerprint density at radius 3 is 2.33 bits per heavy atom. The van der Waals surface area contributed by atoms with E-state index in [1.165, 1.54) is 6.21 Å². The van der Waals surface area contributed by atoms with Gasteiger partial charge in [-0.3, -0.25) is 0 Å². The average molecular weight is 209 g/mol. The van der Waals surface area contributed by atoms with Gasteiger partial charge in [0.15, 0.2) is 0 Å². The highest BCUT2D eigenvalue weighted by molar-refractivity contribution is 6.34. The van der Waals surface area contributed by atoms with E-state index in [1.54, 1.807) is 25.9 Å². The third-order valence-corrected chi connectivity index (χ3v) is 2.53. The predicted molar refractivity (Wildman–Crippen MR) is 65.7 cm³/mol. The maximum Gasteiger partial charge on any atom is 0.302 e. The zero-order valence-electron chi connectivity index (χ0n) is 10.0. The lowest BCUT2D eigenvalue weighted by Crippen LogP contribution is -2.47. The lowest BCUT2D eigenvalue weighted by molar-refractivity contribution is -0.0894. The van der Waals surface area contributed by atoms with Crippen LogP contribution in [0.15, 0.2) is 24.2 Å². The van der Waals surface area contributed by atoms with Crippen LogP contribution in [0.3, 0.4) is 0 Å². The lowest BCUT2D eigenvalue weighted by Gasteiger charge is -2.37. The first-order valence-electron chi connectivity index (χ1n) is 4.93. The van der Waals surface area contributed by atoms with E-state index in [4.69, 9.17) is 10.1 Å². The van der Waals surface area contributed by atoms with E-state index in [1.807, 2.05) is 13.8 Å². The molecular weight excluding hydrogens is 189 g/mol. The molecule has 0 amide bonds. The third kappa shape index (κ3) is 4.95. The van der Waals surface area contributed by atoms with Gasteiger partial charge in [0.25, 0.3) is 0 Å². The minimum Gasteiger partial charge on any atom is -0.427 e. The summed E-state index contributed by atoms with van der Waals surface area (Å²) >= 11 is 0. The van der Waals surface area contributed by atoms with Crippen molar-refractivity contribution in [3.05, 3.63) is 24.2 Å². The highest BCUT2D eigenvalue weighted by Crippen LogP contribution is 2.24. The molecule has 0 atom stereocenters. The highest BCUT2D eigenvalue weighted by Gasteiger charge is 2.35. The van der Waals surface area contributed by atoms with E-state index < -0.39 is 11.2 Å². The molecule has 0 aliphatic heterocycles. The highest BCUT2D eigenvalue weighted by atomic mass is 16.5. The summed E-state index contributed by atoms with van der Waals surface area (Å²) in [5.74, 6) is 1.78. The van der Waals surface area contributed by atoms with E-state index >= 15 is 0 Å². The van der Waals surface area contributed by atoms with Crippen molar-refractivity contribution in [1.82, 2.24) is 0 Å². The summed E-state index contributed by atoms with van der Waals surface area (Å²) in [6, 6.07) is 0. The molecule has 0 bridgehead atoms. The third-order valence-electron chi connectivity index (χ3n) is 2.53. The molecule has 84 valence electrons. The van der Waals surface area contributed by atoms with Crippen LogP contribution in [0.5, 0.6) is 0 Å². The van der Waals surface area contributed by atoms with Crippen LogP contribution < -0.4 is 0 Å². The fourth-order valence-corrected chi connectivity index (χ4v) is 0.681. The summed E-state index contributed by atoms with van der Waals surface area (Å²) < 4.78 is 5.54. The van der Waals surface area contributed by atoms with Gasteiger partial charge in [0.05, 0.1) is 11.2 Å². The van der Waals surface area contributed by atoms with E-state index in [-0.39, 0.29) is 0 Å². The van der Waals surface area contributed by atoms with Crippen LogP contribution in [-0.2, 0) is 4.65 Å². The molecule has 2 N–H and O–H groups in total. The van der Waals surface area contributed by atoms with Gasteiger partial charge < -0.3 is 15.2 Å². The van der Waals surface area contributed by atoms with Crippen molar-refractivity contribution in [1.29, 1.82) is 5.41 Å². The second kappa shape index (κ2) is 5.28. The predicted octanol–water partition coefficient (Wildman–Crippen LogP) is 1.62. The number of hydrogen-bond acceptors (Lipinski definition) is 3. The normalized spacial score (nSPS) is 12.9. The van der Waals surface area contributed by atoms with Crippen LogP contribution in [0.1, 0.15) is 27.7 Å². The number of aliphatic hydroxyl groups is 1. The van der Waals surface area contributed by atoms with Gasteiger partial charge in [-0.15, -0.1) is 0 Å². The SMILES string of the molecule is C=C(C=N)/C=C/BOC(C)(C)C(C)(C)O. The molecule has 0 radical (unpaired) electrons. The molecule has 0 aromatic heterocycles. The second-order valence-corrected chi connectivity index (χ2v) is 4.50. The van der Waals surface area contributed by atoms with Crippen molar-refractivity contribution in [2.75, 3.05) is 0 Å². The average Bonchev–Trinajstić information content (AvgIpc) is 2.10. The Balaban J connectivity index is 4.12. The fourth-order valence-electron chi connectivity index (χ4n) is 0.681. The first kappa shape index (κ1) is 14.1. The summed E-state index contributed by atoms with van der Waals surface area (Å²) in [5.41, 5.74) is -0.873. The van der Waals surface area contributed by atoms with Gasteiger partial charge in [-0.1, -0.05) is 18.6 Å². The Morgan fingerprint density at radius 1 is 1.40 bits per heavy atom. The van der Waals surface area contributed by atoms with Gasteiger partial charge in [0, 0.05) is 6.21 Å². The van der Waals surface area contributed by atoms with Crippen molar-refractivity contribution in [2.45, 2.75) is 38.9 Å². The van der Waals surface area contributed by atoms with Gasteiger partial charge in [0.1, 0.15) is 0 Å². The molecule has 0 rings (SSSR count). The molecule has 15 heavy (non-hydrogen) atoms. The monoisotopic (exact) mass is 209 g/mol. The van der Waals surface area contributed by atoms with Crippen LogP contribution in [0.25, 0.3) is 0 Å². The van der Waals surface area contributed by atoms with Gasteiger partial charge in [-0.05, 0) is 33.3 Å². The molecule has 0 aromatic rings. The topological polar surface area (TPSA) is 53.3 Å². The summed E-state index contributed by atoms with van der Waals surface area (Å²) in [5, 5.41) is 16.7. The Morgan fingerprint density at radius 2 is 1.93 bits per heavy atom. The first-order chi connectivity index (χ1) is 6.70. The number of nitrogens with one attached hydrogen (secondary N) is 1. The Bertz CT molecular complexity index is 264. The summed E-state index contributed by atoms with van der Waals surface area (Å²) in [6.07, 6.45) is 2.89. The van der Waals surface area contributed by atoms with Crippen molar-refractivity contribution in [2.24, 2.45) is 0 Å². The van der Waals surface area contributed by atoms with Crippen LogP contribution in [0, 0.1) is 5.41 Å². The zero-order chi connectivity index (χ0) is 12.1. The zero-order valence-corrected chi connectivity index (χ0v) is 10.0. The van der Waals surface area contributed by atoms with Crippen molar-refractivity contribution in [3.63, 3.8) is 0 Å². The number of rotatable bonds is 6. The summed E-state index contributed by atoms with van der Waals surface area (Å²) in [7, 11) is 0.393. The maximum absolute atomic E-state index is 9.80. The molecule has 0 fully saturated rings. The van der Waals surface area contributed by atoms with Crippen molar-refractivity contribution in [3.8, 4) is 0 Å². The minimum atomic E-state index is -0.889. The minimum absolute atomic E-state index is 0.393. The first-order valence-corrected chi connectivity index (χ1v) is 4.93. The van der Waals surface area contributed by atoms with Crippen molar-refractivity contribution < 1.29 is 9.76 Å². The van der Waals surface area contributed by atoms with Gasteiger partial charge in [-0.25, -0.2) is 0 Å². The van der Waals surface area contributed by atoms with Gasteiger partial charge >= 0.3 is 7.48 Å². The second-order valence-electron chi connectivity index (χ2n) is 4.50. The molecule has 4 heteroatoms. The molecule has 0 unspecified atom stereocenters. The van der Waals surface area contributed by atoms with Crippen LogP contribution in [0.4, 0.5) is 0 Å². The lowest BCUT2D eigenvalue weighted by atomic mass is 9.86. The molecule has 0 saturated carbocycles. The maximum atomic E-state index is 9.80. The summed E-state index contributed by atoms with van der Waals surface area (Å²) in [6.45, 7) is 10.7. The Hall–Kier alpha value is -0.865. The summed E-state index contributed by atoms with van der Waals surface area (Å²) in [4.78, 5) is 0. The molecule has 0 aliphatic rings. The van der Waals surface area contributed by atoms with E-state index in [9.17, 15) is 5.11 Å². The van der Waals surface area contributed by atoms with Crippen molar-refractivity contribution >= 4 is 13.7 Å². The van der Waals surface area contributed by atoms with E-state index in [0.29, 0.717) is 13.1 Å². The standard InChI is InChI=1S/C11H20BNO2/c1-9(8-13)6-7-12-15-11(4,5)10(2,3)14/h6-8,12-14H,1H2,2-5H3/b7-6+,13-8?. The molecule has 0 spiro atoms. The van der Waals surface area contributed by atoms with Crippen LogP contribution in [0.2, 0.25) is 0 Å². The van der Waals surface area contributed by atoms with Gasteiger partial charge in [0.2, 0.25) is 0 Å². The molecule has 0 aliphatic carbocycles. The quantitative estimate of drug-likeness (QED) is 0.396. The fraction of sp³-hybridized carbons (Fsp3) is 0.545. The number of allylic oxidation sites excluding steroid dienone is 2. The Kier molecular flexibility index (Phi) is 4.98. The molecular formula is C11H20BNO2. The van der Waals surface area contributed by atoms with Gasteiger partial charge in [-0.2, -0.15) is 0 Å². The smallest absolute Gasteiger partial charge is 0.302 e.